The molecule has 1 rings (SSSR count). The fourth-order valence-corrected chi connectivity index (χ4v) is 2.24. The summed E-state index contributed by atoms with van der Waals surface area (Å²) in [5.41, 5.74) is 0. The number of Topliss-reactive ketones (excluding diaryl/α,β-unsaturated/α-hetero) is 2. The molecule has 1 aliphatic rings. The number of hydrogen-bond donors (Lipinski definition) is 0. The Morgan fingerprint density at radius 1 is 1.27 bits per heavy atom. The normalized spacial score (nSPS) is 26.3. The van der Waals surface area contributed by atoms with E-state index >= 15 is 0 Å². The lowest BCUT2D eigenvalue weighted by molar-refractivity contribution is -0.143. The van der Waals surface area contributed by atoms with Crippen LogP contribution in [0.25, 0.3) is 0 Å². The van der Waals surface area contributed by atoms with E-state index in [1.54, 1.807) is 7.11 Å². The van der Waals surface area contributed by atoms with E-state index in [9.17, 15) is 9.59 Å². The van der Waals surface area contributed by atoms with Crippen LogP contribution in [0.3, 0.4) is 0 Å². The highest BCUT2D eigenvalue weighted by Gasteiger charge is 2.33. The summed E-state index contributed by atoms with van der Waals surface area (Å²) in [6.45, 7) is 1.92. The molecule has 2 atom stereocenters. The van der Waals surface area contributed by atoms with Crippen molar-refractivity contribution < 1.29 is 14.3 Å². The summed E-state index contributed by atoms with van der Waals surface area (Å²) in [4.78, 5) is 23.3. The van der Waals surface area contributed by atoms with Crippen LogP contribution in [0.4, 0.5) is 0 Å². The summed E-state index contributed by atoms with van der Waals surface area (Å²) in [5.74, 6) is -0.599. The van der Waals surface area contributed by atoms with Crippen LogP contribution in [0.15, 0.2) is 0 Å². The zero-order valence-electron chi connectivity index (χ0n) is 9.62. The molecule has 0 aliphatic heterocycles. The van der Waals surface area contributed by atoms with Gasteiger partial charge < -0.3 is 4.74 Å². The zero-order chi connectivity index (χ0) is 11.3. The molecule has 0 aromatic carbocycles. The average molecular weight is 212 g/mol. The van der Waals surface area contributed by atoms with Crippen molar-refractivity contribution in [1.29, 1.82) is 0 Å². The lowest BCUT2D eigenvalue weighted by Crippen LogP contribution is -2.36. The van der Waals surface area contributed by atoms with Crippen LogP contribution in [-0.2, 0) is 14.3 Å². The molecular formula is C12H20O3. The molecule has 0 heterocycles. The molecule has 0 N–H and O–H groups in total. The molecule has 1 saturated carbocycles. The van der Waals surface area contributed by atoms with Crippen LogP contribution in [0, 0.1) is 5.92 Å². The maximum absolute atomic E-state index is 11.8. The van der Waals surface area contributed by atoms with Crippen molar-refractivity contribution in [2.75, 3.05) is 7.11 Å². The van der Waals surface area contributed by atoms with Crippen LogP contribution in [0.5, 0.6) is 0 Å². The molecule has 86 valence electrons. The number of methoxy groups -OCH3 is 1. The van der Waals surface area contributed by atoms with E-state index in [0.29, 0.717) is 6.42 Å². The quantitative estimate of drug-likeness (QED) is 0.656. The Bertz CT molecular complexity index is 235. The van der Waals surface area contributed by atoms with Crippen LogP contribution >= 0.6 is 0 Å². The van der Waals surface area contributed by atoms with Gasteiger partial charge in [0.25, 0.3) is 0 Å². The predicted molar refractivity (Wildman–Crippen MR) is 57.7 cm³/mol. The number of carbonyl (C=O) groups excluding carboxylic acids is 2. The third-order valence-corrected chi connectivity index (χ3v) is 3.09. The minimum absolute atomic E-state index is 0.0351. The topological polar surface area (TPSA) is 43.4 Å². The summed E-state index contributed by atoms with van der Waals surface area (Å²) < 4.78 is 5.28. The zero-order valence-corrected chi connectivity index (χ0v) is 9.62. The highest BCUT2D eigenvalue weighted by Crippen LogP contribution is 2.27. The second kappa shape index (κ2) is 6.01. The van der Waals surface area contributed by atoms with Crippen molar-refractivity contribution >= 4 is 11.6 Å². The van der Waals surface area contributed by atoms with Gasteiger partial charge in [-0.2, -0.15) is 0 Å². The summed E-state index contributed by atoms with van der Waals surface area (Å²) in [6.07, 6.45) is 4.95. The molecule has 1 aliphatic carbocycles. The third kappa shape index (κ3) is 3.13. The van der Waals surface area contributed by atoms with E-state index in [2.05, 4.69) is 0 Å². The Morgan fingerprint density at radius 2 is 1.93 bits per heavy atom. The van der Waals surface area contributed by atoms with Crippen molar-refractivity contribution in [3.05, 3.63) is 0 Å². The number of ketones is 2. The molecular weight excluding hydrogens is 192 g/mol. The highest BCUT2D eigenvalue weighted by atomic mass is 16.5. The summed E-state index contributed by atoms with van der Waals surface area (Å²) in [6, 6.07) is 0. The Labute approximate surface area is 91.2 Å². The molecule has 0 saturated heterocycles. The van der Waals surface area contributed by atoms with Crippen molar-refractivity contribution in [3.8, 4) is 0 Å². The van der Waals surface area contributed by atoms with Crippen LogP contribution in [0.2, 0.25) is 0 Å². The molecule has 0 radical (unpaired) electrons. The first-order chi connectivity index (χ1) is 7.20. The molecule has 0 amide bonds. The molecule has 1 fully saturated rings. The standard InChI is InChI=1S/C12H20O3/c1-3-6-10(13)12(14)9-7-4-5-8-11(9)15-2/h9,11H,3-8H2,1-2H3/t9-,11+/m0/s1. The van der Waals surface area contributed by atoms with E-state index in [1.165, 1.54) is 0 Å². The minimum Gasteiger partial charge on any atom is -0.381 e. The van der Waals surface area contributed by atoms with Gasteiger partial charge >= 0.3 is 0 Å². The maximum Gasteiger partial charge on any atom is 0.204 e. The Morgan fingerprint density at radius 3 is 2.53 bits per heavy atom. The first kappa shape index (κ1) is 12.4. The smallest absolute Gasteiger partial charge is 0.204 e. The second-order valence-corrected chi connectivity index (χ2v) is 4.20. The molecule has 15 heavy (non-hydrogen) atoms. The molecule has 3 heteroatoms. The van der Waals surface area contributed by atoms with E-state index in [-0.39, 0.29) is 23.6 Å². The first-order valence-electron chi connectivity index (χ1n) is 5.80. The average Bonchev–Trinajstić information content (AvgIpc) is 2.28. The van der Waals surface area contributed by atoms with Gasteiger partial charge in [0.1, 0.15) is 0 Å². The summed E-state index contributed by atoms with van der Waals surface area (Å²) >= 11 is 0. The van der Waals surface area contributed by atoms with Crippen LogP contribution in [-0.4, -0.2) is 24.8 Å². The fourth-order valence-electron chi connectivity index (χ4n) is 2.24. The Balaban J connectivity index is 2.59. The molecule has 0 spiro atoms. The van der Waals surface area contributed by atoms with Gasteiger partial charge in [-0.25, -0.2) is 0 Å². The maximum atomic E-state index is 11.8. The molecule has 0 aromatic rings. The van der Waals surface area contributed by atoms with Crippen LogP contribution in [0.1, 0.15) is 45.4 Å². The number of rotatable bonds is 5. The van der Waals surface area contributed by atoms with Crippen molar-refractivity contribution in [2.24, 2.45) is 5.92 Å². The van der Waals surface area contributed by atoms with Gasteiger partial charge in [-0.05, 0) is 19.3 Å². The van der Waals surface area contributed by atoms with E-state index in [0.717, 1.165) is 32.1 Å². The fraction of sp³-hybridized carbons (Fsp3) is 0.833. The number of ether oxygens (including phenoxy) is 1. The number of hydrogen-bond acceptors (Lipinski definition) is 3. The van der Waals surface area contributed by atoms with Gasteiger partial charge in [0.15, 0.2) is 5.78 Å². The summed E-state index contributed by atoms with van der Waals surface area (Å²) in [7, 11) is 1.63. The largest absolute Gasteiger partial charge is 0.381 e. The highest BCUT2D eigenvalue weighted by molar-refractivity contribution is 6.38. The Kier molecular flexibility index (Phi) is 4.95. The van der Waals surface area contributed by atoms with E-state index in [1.807, 2.05) is 6.92 Å². The second-order valence-electron chi connectivity index (χ2n) is 4.20. The van der Waals surface area contributed by atoms with Crippen molar-refractivity contribution in [2.45, 2.75) is 51.6 Å². The lowest BCUT2D eigenvalue weighted by Gasteiger charge is -2.28. The third-order valence-electron chi connectivity index (χ3n) is 3.09. The Hall–Kier alpha value is -0.700. The number of carbonyl (C=O) groups is 2. The van der Waals surface area contributed by atoms with Crippen LogP contribution < -0.4 is 0 Å². The van der Waals surface area contributed by atoms with E-state index in [4.69, 9.17) is 4.74 Å². The lowest BCUT2D eigenvalue weighted by atomic mass is 9.82. The van der Waals surface area contributed by atoms with Gasteiger partial charge in [-0.1, -0.05) is 19.8 Å². The van der Waals surface area contributed by atoms with Crippen molar-refractivity contribution in [3.63, 3.8) is 0 Å². The monoisotopic (exact) mass is 212 g/mol. The molecule has 0 aromatic heterocycles. The SMILES string of the molecule is CCCC(=O)C(=O)[C@H]1CCCC[C@H]1OC. The van der Waals surface area contributed by atoms with Gasteiger partial charge in [-0.3, -0.25) is 9.59 Å². The van der Waals surface area contributed by atoms with Gasteiger partial charge in [0.05, 0.1) is 12.0 Å². The van der Waals surface area contributed by atoms with Gasteiger partial charge in [0.2, 0.25) is 5.78 Å². The predicted octanol–water partition coefficient (Wildman–Crippen LogP) is 2.13. The van der Waals surface area contributed by atoms with Gasteiger partial charge in [0, 0.05) is 13.5 Å². The summed E-state index contributed by atoms with van der Waals surface area (Å²) in [5, 5.41) is 0. The van der Waals surface area contributed by atoms with E-state index < -0.39 is 0 Å². The van der Waals surface area contributed by atoms with Gasteiger partial charge in [-0.15, -0.1) is 0 Å². The van der Waals surface area contributed by atoms with Crippen molar-refractivity contribution in [1.82, 2.24) is 0 Å². The molecule has 3 nitrogen and oxygen atoms in total. The molecule has 0 unspecified atom stereocenters. The minimum atomic E-state index is -0.216. The molecule has 0 bridgehead atoms. The first-order valence-corrected chi connectivity index (χ1v) is 5.80.